The van der Waals surface area contributed by atoms with Crippen LogP contribution in [0.2, 0.25) is 0 Å². The van der Waals surface area contributed by atoms with E-state index in [0.29, 0.717) is 6.54 Å². The predicted molar refractivity (Wildman–Crippen MR) is 130 cm³/mol. The summed E-state index contributed by atoms with van der Waals surface area (Å²) in [7, 11) is 3.67. The molecule has 3 unspecified atom stereocenters. The third kappa shape index (κ3) is 5.94. The number of carbonyl (C=O) groups is 3. The highest BCUT2D eigenvalue weighted by molar-refractivity contribution is 5.85. The van der Waals surface area contributed by atoms with Crippen LogP contribution < -0.4 is 10.6 Å². The summed E-state index contributed by atoms with van der Waals surface area (Å²) in [6.45, 7) is 4.05. The van der Waals surface area contributed by atoms with Gasteiger partial charge >= 0.3 is 12.1 Å². The number of benzene rings is 2. The van der Waals surface area contributed by atoms with Crippen molar-refractivity contribution in [1.82, 2.24) is 15.5 Å². The molecule has 1 aliphatic carbocycles. The van der Waals surface area contributed by atoms with Gasteiger partial charge in [-0.2, -0.15) is 0 Å². The van der Waals surface area contributed by atoms with E-state index in [1.165, 1.54) is 0 Å². The standard InChI is InChI=1S/C26H33N3O5/c1-16(24(30)28-23(25(31)32)13-14-29(3)4)17(2)27-26(33)34-15-22-20-11-7-5-9-18(20)19-10-6-8-12-21(19)22/h5-12,16-17,22-23H,13-15H2,1-4H3,(H,27,33)(H,28,30)(H,31,32). The van der Waals surface area contributed by atoms with E-state index in [4.69, 9.17) is 4.74 Å². The van der Waals surface area contributed by atoms with Gasteiger partial charge < -0.3 is 25.4 Å². The Balaban J connectivity index is 1.55. The first kappa shape index (κ1) is 25.2. The first-order valence-corrected chi connectivity index (χ1v) is 11.5. The van der Waals surface area contributed by atoms with E-state index in [-0.39, 0.29) is 18.9 Å². The van der Waals surface area contributed by atoms with Gasteiger partial charge in [-0.3, -0.25) is 4.79 Å². The Morgan fingerprint density at radius 3 is 2.06 bits per heavy atom. The fraction of sp³-hybridized carbons (Fsp3) is 0.423. The van der Waals surface area contributed by atoms with Crippen molar-refractivity contribution >= 4 is 18.0 Å². The molecule has 2 amide bonds. The summed E-state index contributed by atoms with van der Waals surface area (Å²) in [6.07, 6.45) is -0.328. The molecule has 2 aromatic rings. The van der Waals surface area contributed by atoms with E-state index in [2.05, 4.69) is 22.8 Å². The minimum Gasteiger partial charge on any atom is -0.480 e. The maximum absolute atomic E-state index is 12.6. The molecular weight excluding hydrogens is 434 g/mol. The van der Waals surface area contributed by atoms with Crippen molar-refractivity contribution in [2.45, 2.75) is 38.3 Å². The van der Waals surface area contributed by atoms with Gasteiger partial charge in [0.05, 0.1) is 5.92 Å². The zero-order chi connectivity index (χ0) is 24.8. The number of nitrogens with one attached hydrogen (secondary N) is 2. The second-order valence-corrected chi connectivity index (χ2v) is 9.04. The van der Waals surface area contributed by atoms with E-state index in [1.54, 1.807) is 13.8 Å². The van der Waals surface area contributed by atoms with E-state index in [0.717, 1.165) is 22.3 Å². The van der Waals surface area contributed by atoms with Crippen LogP contribution in [0.1, 0.15) is 37.3 Å². The number of hydrogen-bond donors (Lipinski definition) is 3. The Morgan fingerprint density at radius 2 is 1.53 bits per heavy atom. The lowest BCUT2D eigenvalue weighted by Gasteiger charge is -2.24. The summed E-state index contributed by atoms with van der Waals surface area (Å²) in [5, 5.41) is 14.7. The number of aliphatic carboxylic acids is 1. The van der Waals surface area contributed by atoms with Crippen molar-refractivity contribution in [2.24, 2.45) is 5.92 Å². The van der Waals surface area contributed by atoms with Gasteiger partial charge in [0, 0.05) is 18.5 Å². The van der Waals surface area contributed by atoms with Gasteiger partial charge in [-0.15, -0.1) is 0 Å². The predicted octanol–water partition coefficient (Wildman–Crippen LogP) is 3.07. The number of nitrogens with zero attached hydrogens (tertiary/aromatic N) is 1. The summed E-state index contributed by atoms with van der Waals surface area (Å²) in [5.74, 6) is -2.21. The molecule has 8 nitrogen and oxygen atoms in total. The van der Waals surface area contributed by atoms with Crippen LogP contribution in [0.5, 0.6) is 0 Å². The van der Waals surface area contributed by atoms with Crippen LogP contribution in [0.25, 0.3) is 11.1 Å². The Morgan fingerprint density at radius 1 is 0.971 bits per heavy atom. The molecule has 182 valence electrons. The van der Waals surface area contributed by atoms with Gasteiger partial charge in [0.25, 0.3) is 0 Å². The van der Waals surface area contributed by atoms with Gasteiger partial charge in [-0.1, -0.05) is 55.5 Å². The molecule has 1 aliphatic rings. The van der Waals surface area contributed by atoms with Crippen molar-refractivity contribution in [3.05, 3.63) is 59.7 Å². The SMILES string of the molecule is CC(NC(=O)OCC1c2ccccc2-c2ccccc21)C(C)C(=O)NC(CCN(C)C)C(=O)O. The molecule has 0 saturated carbocycles. The fourth-order valence-electron chi connectivity index (χ4n) is 4.13. The summed E-state index contributed by atoms with van der Waals surface area (Å²) in [4.78, 5) is 38.4. The first-order valence-electron chi connectivity index (χ1n) is 11.5. The lowest BCUT2D eigenvalue weighted by molar-refractivity contribution is -0.142. The van der Waals surface area contributed by atoms with Gasteiger partial charge in [-0.25, -0.2) is 9.59 Å². The molecule has 0 spiro atoms. The average Bonchev–Trinajstić information content (AvgIpc) is 3.13. The number of alkyl carbamates (subject to hydrolysis) is 1. The maximum atomic E-state index is 12.6. The molecular formula is C26H33N3O5. The highest BCUT2D eigenvalue weighted by Gasteiger charge is 2.30. The molecule has 0 aromatic heterocycles. The van der Waals surface area contributed by atoms with Crippen LogP contribution in [0.4, 0.5) is 4.79 Å². The van der Waals surface area contributed by atoms with Crippen molar-refractivity contribution in [1.29, 1.82) is 0 Å². The number of fused-ring (bicyclic) bond motifs is 3. The third-order valence-corrected chi connectivity index (χ3v) is 6.33. The molecule has 0 heterocycles. The number of rotatable bonds is 10. The van der Waals surface area contributed by atoms with Crippen LogP contribution >= 0.6 is 0 Å². The number of ether oxygens (including phenoxy) is 1. The number of hydrogen-bond acceptors (Lipinski definition) is 5. The van der Waals surface area contributed by atoms with Crippen molar-refractivity contribution in [3.8, 4) is 11.1 Å². The molecule has 34 heavy (non-hydrogen) atoms. The number of amides is 2. The quantitative estimate of drug-likeness (QED) is 0.496. The smallest absolute Gasteiger partial charge is 0.407 e. The largest absolute Gasteiger partial charge is 0.480 e. The van der Waals surface area contributed by atoms with Crippen LogP contribution in [-0.4, -0.2) is 67.3 Å². The maximum Gasteiger partial charge on any atom is 0.407 e. The first-order chi connectivity index (χ1) is 16.2. The Hall–Kier alpha value is -3.39. The molecule has 3 rings (SSSR count). The molecule has 0 aliphatic heterocycles. The van der Waals surface area contributed by atoms with E-state index in [9.17, 15) is 19.5 Å². The highest BCUT2D eigenvalue weighted by atomic mass is 16.5. The zero-order valence-corrected chi connectivity index (χ0v) is 20.1. The minimum absolute atomic E-state index is 0.0535. The van der Waals surface area contributed by atoms with Crippen molar-refractivity contribution in [2.75, 3.05) is 27.2 Å². The van der Waals surface area contributed by atoms with Gasteiger partial charge in [0.2, 0.25) is 5.91 Å². The molecule has 8 heteroatoms. The molecule has 3 atom stereocenters. The lowest BCUT2D eigenvalue weighted by atomic mass is 9.98. The Kier molecular flexibility index (Phi) is 8.28. The van der Waals surface area contributed by atoms with E-state index < -0.39 is 36.0 Å². The molecule has 0 saturated heterocycles. The summed E-state index contributed by atoms with van der Waals surface area (Å²) in [6, 6.07) is 14.6. The summed E-state index contributed by atoms with van der Waals surface area (Å²) < 4.78 is 5.54. The third-order valence-electron chi connectivity index (χ3n) is 6.33. The monoisotopic (exact) mass is 467 g/mol. The molecule has 0 radical (unpaired) electrons. The van der Waals surface area contributed by atoms with Gasteiger partial charge in [0.15, 0.2) is 0 Å². The summed E-state index contributed by atoms with van der Waals surface area (Å²) in [5.41, 5.74) is 4.53. The van der Waals surface area contributed by atoms with Crippen LogP contribution in [0, 0.1) is 5.92 Å². The number of carboxylic acids is 1. The fourth-order valence-corrected chi connectivity index (χ4v) is 4.13. The van der Waals surface area contributed by atoms with E-state index >= 15 is 0 Å². The molecule has 0 bridgehead atoms. The molecule has 3 N–H and O–H groups in total. The van der Waals surface area contributed by atoms with Crippen molar-refractivity contribution in [3.63, 3.8) is 0 Å². The molecule has 2 aromatic carbocycles. The Bertz CT molecular complexity index is 993. The topological polar surface area (TPSA) is 108 Å². The highest BCUT2D eigenvalue weighted by Crippen LogP contribution is 2.44. The lowest BCUT2D eigenvalue weighted by Crippen LogP contribution is -2.49. The number of carboxylic acid groups (broad SMARTS) is 1. The van der Waals surface area contributed by atoms with Crippen LogP contribution in [-0.2, 0) is 14.3 Å². The normalized spacial score (nSPS) is 15.1. The summed E-state index contributed by atoms with van der Waals surface area (Å²) >= 11 is 0. The zero-order valence-electron chi connectivity index (χ0n) is 20.1. The second kappa shape index (κ2) is 11.2. The van der Waals surface area contributed by atoms with Crippen molar-refractivity contribution < 1.29 is 24.2 Å². The average molecular weight is 468 g/mol. The van der Waals surface area contributed by atoms with Gasteiger partial charge in [0.1, 0.15) is 12.6 Å². The van der Waals surface area contributed by atoms with Gasteiger partial charge in [-0.05, 0) is 49.7 Å². The molecule has 0 fully saturated rings. The van der Waals surface area contributed by atoms with E-state index in [1.807, 2.05) is 55.4 Å². The Labute approximate surface area is 200 Å². The van der Waals surface area contributed by atoms with Crippen LogP contribution in [0.15, 0.2) is 48.5 Å². The second-order valence-electron chi connectivity index (χ2n) is 9.04. The number of carbonyl (C=O) groups excluding carboxylic acids is 2. The minimum atomic E-state index is -1.08. The van der Waals surface area contributed by atoms with Crippen LogP contribution in [0.3, 0.4) is 0 Å².